The Balaban J connectivity index is 1.50. The number of carbonyl (C=O) groups excluding carboxylic acids is 1. The van der Waals surface area contributed by atoms with Crippen molar-refractivity contribution in [2.75, 3.05) is 44.7 Å². The Morgan fingerprint density at radius 2 is 1.74 bits per heavy atom. The van der Waals surface area contributed by atoms with Gasteiger partial charge in [0, 0.05) is 50.5 Å². The van der Waals surface area contributed by atoms with Gasteiger partial charge in [-0.1, -0.05) is 26.0 Å². The van der Waals surface area contributed by atoms with Gasteiger partial charge in [-0.2, -0.15) is 0 Å². The van der Waals surface area contributed by atoms with Crippen LogP contribution in [0.15, 0.2) is 42.7 Å². The van der Waals surface area contributed by atoms with Crippen LogP contribution >= 0.6 is 0 Å². The van der Waals surface area contributed by atoms with Gasteiger partial charge in [-0.3, -0.25) is 0 Å². The molecule has 0 atom stereocenters. The zero-order chi connectivity index (χ0) is 19.3. The first-order chi connectivity index (χ1) is 13.0. The van der Waals surface area contributed by atoms with E-state index in [4.69, 9.17) is 4.74 Å². The summed E-state index contributed by atoms with van der Waals surface area (Å²) in [6.45, 7) is 7.61. The molecule has 1 N–H and O–H groups in total. The topological polar surface area (TPSA) is 70.6 Å². The fourth-order valence-electron chi connectivity index (χ4n) is 3.12. The number of aromatic nitrogens is 2. The van der Waals surface area contributed by atoms with Gasteiger partial charge in [-0.15, -0.1) is 0 Å². The molecule has 0 saturated carbocycles. The third kappa shape index (κ3) is 4.67. The molecule has 2 aromatic rings. The van der Waals surface area contributed by atoms with Crippen molar-refractivity contribution in [1.29, 1.82) is 0 Å². The van der Waals surface area contributed by atoms with Crippen LogP contribution in [-0.2, 0) is 5.41 Å². The number of anilines is 1. The average Bonchev–Trinajstić information content (AvgIpc) is 2.73. The highest BCUT2D eigenvalue weighted by atomic mass is 16.5. The maximum Gasteiger partial charge on any atom is 0.317 e. The van der Waals surface area contributed by atoms with Gasteiger partial charge in [0.15, 0.2) is 0 Å². The molecular weight excluding hydrogens is 342 g/mol. The number of rotatable bonds is 5. The first kappa shape index (κ1) is 18.9. The second-order valence-corrected chi connectivity index (χ2v) is 7.29. The Hall–Kier alpha value is -2.83. The summed E-state index contributed by atoms with van der Waals surface area (Å²) in [7, 11) is 1.66. The third-order valence-electron chi connectivity index (χ3n) is 4.95. The molecule has 0 spiro atoms. The molecule has 1 fully saturated rings. The van der Waals surface area contributed by atoms with Gasteiger partial charge >= 0.3 is 6.03 Å². The molecular formula is C20H27N5O2. The van der Waals surface area contributed by atoms with Crippen LogP contribution in [0.25, 0.3) is 0 Å². The SMILES string of the molecule is COc1ccc(C(C)(C)CNC(=O)N2CCN(c3ncccn3)CC2)cc1. The van der Waals surface area contributed by atoms with E-state index in [-0.39, 0.29) is 11.4 Å². The molecule has 0 unspecified atom stereocenters. The van der Waals surface area contributed by atoms with E-state index in [0.29, 0.717) is 19.6 Å². The summed E-state index contributed by atoms with van der Waals surface area (Å²) in [6.07, 6.45) is 3.48. The normalized spacial score (nSPS) is 14.8. The van der Waals surface area contributed by atoms with Crippen molar-refractivity contribution < 1.29 is 9.53 Å². The maximum atomic E-state index is 12.6. The van der Waals surface area contributed by atoms with E-state index in [1.54, 1.807) is 25.6 Å². The third-order valence-corrected chi connectivity index (χ3v) is 4.95. The van der Waals surface area contributed by atoms with E-state index < -0.39 is 0 Å². The van der Waals surface area contributed by atoms with E-state index in [0.717, 1.165) is 30.4 Å². The van der Waals surface area contributed by atoms with E-state index in [1.807, 2.05) is 29.2 Å². The molecule has 1 aromatic heterocycles. The van der Waals surface area contributed by atoms with Crippen molar-refractivity contribution in [2.45, 2.75) is 19.3 Å². The van der Waals surface area contributed by atoms with Gasteiger partial charge in [0.05, 0.1) is 7.11 Å². The van der Waals surface area contributed by atoms with E-state index in [9.17, 15) is 4.79 Å². The lowest BCUT2D eigenvalue weighted by molar-refractivity contribution is 0.192. The van der Waals surface area contributed by atoms with Gasteiger partial charge in [-0.05, 0) is 23.8 Å². The molecule has 7 nitrogen and oxygen atoms in total. The van der Waals surface area contributed by atoms with Crippen molar-refractivity contribution in [3.8, 4) is 5.75 Å². The highest BCUT2D eigenvalue weighted by Gasteiger charge is 2.25. The molecule has 7 heteroatoms. The van der Waals surface area contributed by atoms with Gasteiger partial charge in [0.1, 0.15) is 5.75 Å². The second kappa shape index (κ2) is 8.24. The zero-order valence-corrected chi connectivity index (χ0v) is 16.2. The summed E-state index contributed by atoms with van der Waals surface area (Å²) in [5.74, 6) is 1.55. The minimum absolute atomic E-state index is 0.0229. The molecule has 1 aromatic carbocycles. The quantitative estimate of drug-likeness (QED) is 0.876. The Labute approximate surface area is 160 Å². The van der Waals surface area contributed by atoms with Crippen LogP contribution in [0.3, 0.4) is 0 Å². The summed E-state index contributed by atoms with van der Waals surface area (Å²) in [6, 6.07) is 9.77. The number of nitrogens with zero attached hydrogens (tertiary/aromatic N) is 4. The van der Waals surface area contributed by atoms with Crippen molar-refractivity contribution in [1.82, 2.24) is 20.2 Å². The first-order valence-electron chi connectivity index (χ1n) is 9.19. The lowest BCUT2D eigenvalue weighted by Crippen LogP contribution is -2.53. The fraction of sp³-hybridized carbons (Fsp3) is 0.450. The molecule has 27 heavy (non-hydrogen) atoms. The standard InChI is InChI=1S/C20H27N5O2/c1-20(2,16-5-7-17(27-3)8-6-16)15-23-19(26)25-13-11-24(12-14-25)18-21-9-4-10-22-18/h4-10H,11-15H2,1-3H3,(H,23,26). The van der Waals surface area contributed by atoms with E-state index in [1.165, 1.54) is 0 Å². The summed E-state index contributed by atoms with van der Waals surface area (Å²) >= 11 is 0. The zero-order valence-electron chi connectivity index (χ0n) is 16.2. The second-order valence-electron chi connectivity index (χ2n) is 7.29. The van der Waals surface area contributed by atoms with Crippen LogP contribution in [-0.4, -0.2) is 60.7 Å². The number of ether oxygens (including phenoxy) is 1. The van der Waals surface area contributed by atoms with E-state index >= 15 is 0 Å². The molecule has 0 bridgehead atoms. The van der Waals surface area contributed by atoms with Crippen LogP contribution < -0.4 is 15.0 Å². The number of urea groups is 1. The van der Waals surface area contributed by atoms with Gasteiger partial charge in [-0.25, -0.2) is 14.8 Å². The van der Waals surface area contributed by atoms with Crippen LogP contribution in [0.4, 0.5) is 10.7 Å². The summed E-state index contributed by atoms with van der Waals surface area (Å²) < 4.78 is 5.21. The predicted octanol–water partition coefficient (Wildman–Crippen LogP) is 2.29. The molecule has 3 rings (SSSR count). The lowest BCUT2D eigenvalue weighted by Gasteiger charge is -2.35. The number of hydrogen-bond acceptors (Lipinski definition) is 5. The van der Waals surface area contributed by atoms with Crippen molar-refractivity contribution >= 4 is 12.0 Å². The molecule has 1 saturated heterocycles. The number of benzene rings is 1. The summed E-state index contributed by atoms with van der Waals surface area (Å²) in [5.41, 5.74) is 0.997. The monoisotopic (exact) mass is 369 g/mol. The van der Waals surface area contributed by atoms with E-state index in [2.05, 4.69) is 34.0 Å². The predicted molar refractivity (Wildman–Crippen MR) is 105 cm³/mol. The van der Waals surface area contributed by atoms with Gasteiger partial charge in [0.2, 0.25) is 5.95 Å². The minimum atomic E-state index is -0.165. The number of piperazine rings is 1. The molecule has 1 aliphatic rings. The number of amides is 2. The largest absolute Gasteiger partial charge is 0.497 e. The number of hydrogen-bond donors (Lipinski definition) is 1. The molecule has 144 valence electrons. The average molecular weight is 369 g/mol. The highest BCUT2D eigenvalue weighted by molar-refractivity contribution is 5.74. The van der Waals surface area contributed by atoms with Gasteiger partial charge < -0.3 is 19.9 Å². The fourth-order valence-corrected chi connectivity index (χ4v) is 3.12. The number of carbonyl (C=O) groups is 1. The van der Waals surface area contributed by atoms with Crippen LogP contribution in [0.1, 0.15) is 19.4 Å². The smallest absolute Gasteiger partial charge is 0.317 e. The van der Waals surface area contributed by atoms with Crippen molar-refractivity contribution in [2.24, 2.45) is 0 Å². The van der Waals surface area contributed by atoms with Gasteiger partial charge in [0.25, 0.3) is 0 Å². The molecule has 0 aliphatic carbocycles. The molecule has 2 amide bonds. The maximum absolute atomic E-state index is 12.6. The Bertz CT molecular complexity index is 741. The number of nitrogens with one attached hydrogen (secondary N) is 1. The molecule has 2 heterocycles. The Kier molecular flexibility index (Phi) is 5.78. The number of methoxy groups -OCH3 is 1. The Morgan fingerprint density at radius 1 is 1.11 bits per heavy atom. The molecule has 0 radical (unpaired) electrons. The first-order valence-corrected chi connectivity index (χ1v) is 9.19. The summed E-state index contributed by atoms with van der Waals surface area (Å²) in [4.78, 5) is 25.1. The summed E-state index contributed by atoms with van der Waals surface area (Å²) in [5, 5.41) is 3.08. The van der Waals surface area contributed by atoms with Crippen LogP contribution in [0, 0.1) is 0 Å². The Morgan fingerprint density at radius 3 is 2.33 bits per heavy atom. The minimum Gasteiger partial charge on any atom is -0.497 e. The molecule has 1 aliphatic heterocycles. The van der Waals surface area contributed by atoms with Crippen LogP contribution in [0.2, 0.25) is 0 Å². The van der Waals surface area contributed by atoms with Crippen LogP contribution in [0.5, 0.6) is 5.75 Å². The van der Waals surface area contributed by atoms with Crippen molar-refractivity contribution in [3.05, 3.63) is 48.3 Å². The highest BCUT2D eigenvalue weighted by Crippen LogP contribution is 2.24. The van der Waals surface area contributed by atoms with Crippen molar-refractivity contribution in [3.63, 3.8) is 0 Å². The lowest BCUT2D eigenvalue weighted by atomic mass is 9.84.